The zero-order valence-corrected chi connectivity index (χ0v) is 13.4. The molecule has 0 atom stereocenters. The lowest BCUT2D eigenvalue weighted by Crippen LogP contribution is -2.40. The number of rotatable bonds is 5. The molecule has 2 aromatic rings. The molecule has 0 fully saturated rings. The average molecular weight is 297 g/mol. The second-order valence-corrected chi connectivity index (χ2v) is 6.30. The largest absolute Gasteiger partial charge is 0.385 e. The lowest BCUT2D eigenvalue weighted by molar-refractivity contribution is 0.0914. The molecule has 0 saturated carbocycles. The number of hydrogen-bond donors (Lipinski definition) is 2. The van der Waals surface area contributed by atoms with E-state index in [1.807, 2.05) is 45.0 Å². The van der Waals surface area contributed by atoms with E-state index < -0.39 is 0 Å². The summed E-state index contributed by atoms with van der Waals surface area (Å²) in [5.74, 6) is -0.154. The molecular weight excluding hydrogens is 274 g/mol. The van der Waals surface area contributed by atoms with Crippen molar-refractivity contribution in [1.82, 2.24) is 10.3 Å². The van der Waals surface area contributed by atoms with Crippen LogP contribution < -0.4 is 10.6 Å². The molecule has 0 aliphatic carbocycles. The Morgan fingerprint density at radius 3 is 2.55 bits per heavy atom. The van der Waals surface area contributed by atoms with Crippen molar-refractivity contribution in [1.29, 1.82) is 0 Å². The second kappa shape index (κ2) is 7.07. The van der Waals surface area contributed by atoms with Crippen LogP contribution in [0.5, 0.6) is 0 Å². The quantitative estimate of drug-likeness (QED) is 0.890. The normalized spacial score (nSPS) is 11.0. The molecule has 1 aromatic carbocycles. The molecular formula is C18H23N3O. The maximum absolute atomic E-state index is 12.1. The van der Waals surface area contributed by atoms with E-state index in [0.717, 1.165) is 18.7 Å². The molecule has 0 unspecified atom stereocenters. The van der Waals surface area contributed by atoms with Gasteiger partial charge in [0, 0.05) is 24.0 Å². The third-order valence-electron chi connectivity index (χ3n) is 3.07. The Kier molecular flexibility index (Phi) is 5.15. The van der Waals surface area contributed by atoms with Crippen LogP contribution in [0.2, 0.25) is 0 Å². The van der Waals surface area contributed by atoms with Crippen LogP contribution in [0.4, 0.5) is 5.69 Å². The summed E-state index contributed by atoms with van der Waals surface area (Å²) in [4.78, 5) is 16.2. The van der Waals surface area contributed by atoms with E-state index in [2.05, 4.69) is 27.8 Å². The van der Waals surface area contributed by atoms with Crippen LogP contribution in [-0.4, -0.2) is 23.0 Å². The average Bonchev–Trinajstić information content (AvgIpc) is 2.47. The number of amides is 1. The fourth-order valence-corrected chi connectivity index (χ4v) is 2.07. The lowest BCUT2D eigenvalue weighted by Gasteiger charge is -2.20. The lowest BCUT2D eigenvalue weighted by atomic mass is 10.1. The molecule has 2 rings (SSSR count). The van der Waals surface area contributed by atoms with Gasteiger partial charge in [-0.15, -0.1) is 0 Å². The summed E-state index contributed by atoms with van der Waals surface area (Å²) < 4.78 is 0. The van der Waals surface area contributed by atoms with Crippen LogP contribution in [0.15, 0.2) is 48.7 Å². The maximum atomic E-state index is 12.1. The highest BCUT2D eigenvalue weighted by Crippen LogP contribution is 2.10. The number of hydrogen-bond acceptors (Lipinski definition) is 3. The van der Waals surface area contributed by atoms with E-state index in [9.17, 15) is 4.79 Å². The third-order valence-corrected chi connectivity index (χ3v) is 3.07. The molecule has 0 saturated heterocycles. The maximum Gasteiger partial charge on any atom is 0.270 e. The highest BCUT2D eigenvalue weighted by atomic mass is 16.2. The fourth-order valence-electron chi connectivity index (χ4n) is 2.07. The number of nitrogens with zero attached hydrogens (tertiary/aromatic N) is 1. The highest BCUT2D eigenvalue weighted by Gasteiger charge is 2.16. The van der Waals surface area contributed by atoms with Gasteiger partial charge >= 0.3 is 0 Å². The molecule has 0 spiro atoms. The zero-order valence-electron chi connectivity index (χ0n) is 13.4. The number of aromatic nitrogens is 1. The minimum Gasteiger partial charge on any atom is -0.385 e. The van der Waals surface area contributed by atoms with E-state index in [0.29, 0.717) is 5.69 Å². The first-order valence-corrected chi connectivity index (χ1v) is 7.50. The Labute approximate surface area is 132 Å². The summed E-state index contributed by atoms with van der Waals surface area (Å²) >= 11 is 0. The number of pyridine rings is 1. The van der Waals surface area contributed by atoms with Crippen molar-refractivity contribution < 1.29 is 4.79 Å². The Hall–Kier alpha value is -2.36. The van der Waals surface area contributed by atoms with Crippen molar-refractivity contribution in [2.24, 2.45) is 0 Å². The predicted molar refractivity (Wildman–Crippen MR) is 90.1 cm³/mol. The minimum atomic E-state index is -0.268. The van der Waals surface area contributed by atoms with Crippen LogP contribution >= 0.6 is 0 Å². The van der Waals surface area contributed by atoms with Gasteiger partial charge in [0.1, 0.15) is 5.69 Å². The molecule has 0 bridgehead atoms. The van der Waals surface area contributed by atoms with Gasteiger partial charge in [-0.3, -0.25) is 9.78 Å². The topological polar surface area (TPSA) is 54.0 Å². The molecule has 2 N–H and O–H groups in total. The van der Waals surface area contributed by atoms with Gasteiger partial charge < -0.3 is 10.6 Å². The molecule has 22 heavy (non-hydrogen) atoms. The van der Waals surface area contributed by atoms with Crippen molar-refractivity contribution in [3.05, 3.63) is 59.9 Å². The van der Waals surface area contributed by atoms with E-state index >= 15 is 0 Å². The summed E-state index contributed by atoms with van der Waals surface area (Å²) in [5.41, 5.74) is 2.36. The molecule has 4 nitrogen and oxygen atoms in total. The van der Waals surface area contributed by atoms with Gasteiger partial charge in [0.05, 0.1) is 0 Å². The van der Waals surface area contributed by atoms with E-state index in [-0.39, 0.29) is 11.4 Å². The summed E-state index contributed by atoms with van der Waals surface area (Å²) in [6.45, 7) is 6.67. The number of carbonyl (C=O) groups excluding carboxylic acids is 1. The summed E-state index contributed by atoms with van der Waals surface area (Å²) in [7, 11) is 0. The summed E-state index contributed by atoms with van der Waals surface area (Å²) in [6, 6.07) is 14.0. The van der Waals surface area contributed by atoms with E-state index in [1.54, 1.807) is 12.3 Å². The predicted octanol–water partition coefficient (Wildman–Crippen LogP) is 3.26. The Balaban J connectivity index is 1.92. The van der Waals surface area contributed by atoms with Gasteiger partial charge in [-0.1, -0.05) is 30.3 Å². The molecule has 0 aliphatic rings. The molecule has 1 heterocycles. The molecule has 1 amide bonds. The van der Waals surface area contributed by atoms with Gasteiger partial charge in [0.15, 0.2) is 0 Å². The van der Waals surface area contributed by atoms with Crippen LogP contribution in [0.3, 0.4) is 0 Å². The fraction of sp³-hybridized carbons (Fsp3) is 0.333. The second-order valence-electron chi connectivity index (χ2n) is 6.30. The van der Waals surface area contributed by atoms with Gasteiger partial charge in [-0.05, 0) is 44.9 Å². The summed E-state index contributed by atoms with van der Waals surface area (Å²) in [6.07, 6.45) is 2.59. The number of carbonyl (C=O) groups is 1. The summed E-state index contributed by atoms with van der Waals surface area (Å²) in [5, 5.41) is 6.25. The van der Waals surface area contributed by atoms with E-state index in [1.165, 1.54) is 5.56 Å². The van der Waals surface area contributed by atoms with E-state index in [4.69, 9.17) is 0 Å². The van der Waals surface area contributed by atoms with Crippen molar-refractivity contribution in [2.45, 2.75) is 32.7 Å². The first-order valence-electron chi connectivity index (χ1n) is 7.50. The Morgan fingerprint density at radius 1 is 1.14 bits per heavy atom. The molecule has 0 aliphatic heterocycles. The van der Waals surface area contributed by atoms with Crippen molar-refractivity contribution in [3.63, 3.8) is 0 Å². The molecule has 4 heteroatoms. The van der Waals surface area contributed by atoms with Crippen LogP contribution in [0.1, 0.15) is 36.8 Å². The number of benzene rings is 1. The standard InChI is InChI=1S/C18H23N3O/c1-18(2,3)21-17(22)16-13-15(10-12-20-16)19-11-9-14-7-5-4-6-8-14/h4-8,10,12-13H,9,11H2,1-3H3,(H,19,20)(H,21,22). The smallest absolute Gasteiger partial charge is 0.270 e. The first kappa shape index (κ1) is 16.0. The number of nitrogens with one attached hydrogen (secondary N) is 2. The Bertz CT molecular complexity index is 618. The zero-order chi connectivity index (χ0) is 16.0. The minimum absolute atomic E-state index is 0.154. The van der Waals surface area contributed by atoms with Crippen molar-refractivity contribution in [3.8, 4) is 0 Å². The molecule has 0 radical (unpaired) electrons. The van der Waals surface area contributed by atoms with Gasteiger partial charge in [0.2, 0.25) is 0 Å². The van der Waals surface area contributed by atoms with Crippen LogP contribution in [0, 0.1) is 0 Å². The van der Waals surface area contributed by atoms with Crippen molar-refractivity contribution >= 4 is 11.6 Å². The highest BCUT2D eigenvalue weighted by molar-refractivity contribution is 5.93. The molecule has 116 valence electrons. The Morgan fingerprint density at radius 2 is 1.86 bits per heavy atom. The van der Waals surface area contributed by atoms with Gasteiger partial charge in [0.25, 0.3) is 5.91 Å². The SMILES string of the molecule is CC(C)(C)NC(=O)c1cc(NCCc2ccccc2)ccn1. The van der Waals surface area contributed by atoms with Gasteiger partial charge in [-0.25, -0.2) is 0 Å². The first-order chi connectivity index (χ1) is 10.4. The monoisotopic (exact) mass is 297 g/mol. The van der Waals surface area contributed by atoms with Gasteiger partial charge in [-0.2, -0.15) is 0 Å². The van der Waals surface area contributed by atoms with Crippen LogP contribution in [0.25, 0.3) is 0 Å². The van der Waals surface area contributed by atoms with Crippen LogP contribution in [-0.2, 0) is 6.42 Å². The van der Waals surface area contributed by atoms with Crippen molar-refractivity contribution in [2.75, 3.05) is 11.9 Å². The molecule has 1 aromatic heterocycles. The number of anilines is 1. The third kappa shape index (κ3) is 5.20.